The topological polar surface area (TPSA) is 89.8 Å². The molecule has 1 heterocycles. The molecule has 0 aromatic heterocycles. The zero-order chi connectivity index (χ0) is 20.9. The van der Waals surface area contributed by atoms with Crippen LogP contribution < -0.4 is 34.7 Å². The maximum absolute atomic E-state index is 14.9. The molecule has 2 fully saturated rings. The minimum atomic E-state index is -1.33. The fourth-order valence-corrected chi connectivity index (χ4v) is 4.18. The first-order valence-electron chi connectivity index (χ1n) is 10.4. The van der Waals surface area contributed by atoms with Crippen LogP contribution in [0.5, 0.6) is 0 Å². The Kier molecular flexibility index (Phi) is 10.9. The molecule has 2 rings (SSSR count). The first kappa shape index (κ1) is 26.6. The molecule has 1 aliphatic carbocycles. The van der Waals surface area contributed by atoms with Crippen LogP contribution in [0.4, 0.5) is 4.39 Å². The van der Waals surface area contributed by atoms with Crippen LogP contribution in [-0.4, -0.2) is 40.7 Å². The van der Waals surface area contributed by atoms with Crippen molar-refractivity contribution in [3.05, 3.63) is 24.0 Å². The second kappa shape index (κ2) is 11.8. The van der Waals surface area contributed by atoms with E-state index < -0.39 is 42.3 Å². The summed E-state index contributed by atoms with van der Waals surface area (Å²) < 4.78 is 20.6. The van der Waals surface area contributed by atoms with Crippen LogP contribution in [0.3, 0.4) is 0 Å². The van der Waals surface area contributed by atoms with Crippen molar-refractivity contribution in [3.63, 3.8) is 0 Å². The standard InChI is InChI=1S/C22H35FO5.Na/c1-4-5-12-22(2,3)18(25)11-10-14-15(24)13-17-20(14)21(23)16(28-17)8-6-7-9-19(26)27;/h8,10-11,14-15,17-18,20-21,24-25H,4-7,9,12-13H2,1-3H3,(H,26,27);/q;+1/p-1/b11-10+,16-8-;/t14-,15+,17+,18+,20+,21+;/m0./s1. The summed E-state index contributed by atoms with van der Waals surface area (Å²) in [5.41, 5.74) is -0.277. The molecule has 160 valence electrons. The first-order chi connectivity index (χ1) is 13.2. The van der Waals surface area contributed by atoms with Gasteiger partial charge in [0.15, 0.2) is 6.17 Å². The van der Waals surface area contributed by atoms with Crippen molar-refractivity contribution in [1.29, 1.82) is 0 Å². The molecule has 7 heteroatoms. The molecule has 0 aromatic rings. The normalized spacial score (nSPS) is 31.5. The molecule has 1 saturated carbocycles. The average molecular weight is 420 g/mol. The SMILES string of the molecule is CCCCC(C)(C)[C@H](O)/C=C/[C@@H]1[C@H]2[C@H](F)/C(=C/CCCC(=O)[O-])O[C@@H]2C[C@H]1O.[Na+]. The third-order valence-corrected chi connectivity index (χ3v) is 6.11. The van der Waals surface area contributed by atoms with Crippen molar-refractivity contribution in [2.24, 2.45) is 17.3 Å². The van der Waals surface area contributed by atoms with Gasteiger partial charge in [-0.1, -0.05) is 45.8 Å². The molecule has 5 nitrogen and oxygen atoms in total. The quantitative estimate of drug-likeness (QED) is 0.287. The largest absolute Gasteiger partial charge is 1.00 e. The van der Waals surface area contributed by atoms with Crippen molar-refractivity contribution in [2.45, 2.75) is 90.2 Å². The summed E-state index contributed by atoms with van der Waals surface area (Å²) in [6.45, 7) is 6.13. The van der Waals surface area contributed by atoms with E-state index in [0.29, 0.717) is 19.3 Å². The van der Waals surface area contributed by atoms with Crippen LogP contribution in [0.15, 0.2) is 24.0 Å². The van der Waals surface area contributed by atoms with Gasteiger partial charge in [0.25, 0.3) is 0 Å². The number of aliphatic hydroxyl groups is 2. The third-order valence-electron chi connectivity index (χ3n) is 6.11. The van der Waals surface area contributed by atoms with Crippen LogP contribution in [0.2, 0.25) is 0 Å². The summed E-state index contributed by atoms with van der Waals surface area (Å²) in [6.07, 6.45) is 6.04. The molecule has 0 aromatic carbocycles. The van der Waals surface area contributed by atoms with E-state index >= 15 is 0 Å². The fourth-order valence-electron chi connectivity index (χ4n) is 4.18. The van der Waals surface area contributed by atoms with E-state index in [4.69, 9.17) is 4.74 Å². The maximum Gasteiger partial charge on any atom is 1.00 e. The number of aliphatic carboxylic acids is 1. The summed E-state index contributed by atoms with van der Waals surface area (Å²) in [7, 11) is 0. The predicted molar refractivity (Wildman–Crippen MR) is 103 cm³/mol. The number of carboxylic acids is 1. The van der Waals surface area contributed by atoms with E-state index in [1.807, 2.05) is 13.8 Å². The number of ether oxygens (including phenoxy) is 1. The van der Waals surface area contributed by atoms with Gasteiger partial charge in [0, 0.05) is 24.2 Å². The van der Waals surface area contributed by atoms with Gasteiger partial charge in [0.05, 0.1) is 12.2 Å². The predicted octanol–water partition coefficient (Wildman–Crippen LogP) is -0.338. The average Bonchev–Trinajstić information content (AvgIpc) is 3.09. The molecule has 0 bridgehead atoms. The van der Waals surface area contributed by atoms with E-state index in [1.54, 1.807) is 18.2 Å². The molecule has 0 unspecified atom stereocenters. The molecular formula is C22H34FNaO5. The molecule has 2 aliphatic rings. The van der Waals surface area contributed by atoms with Crippen molar-refractivity contribution in [2.75, 3.05) is 0 Å². The fraction of sp³-hybridized carbons (Fsp3) is 0.773. The van der Waals surface area contributed by atoms with Crippen LogP contribution in [0.25, 0.3) is 0 Å². The number of hydrogen-bond acceptors (Lipinski definition) is 5. The summed E-state index contributed by atoms with van der Waals surface area (Å²) in [5, 5.41) is 31.4. The van der Waals surface area contributed by atoms with E-state index in [1.165, 1.54) is 0 Å². The second-order valence-corrected chi connectivity index (χ2v) is 8.81. The summed E-state index contributed by atoms with van der Waals surface area (Å²) >= 11 is 0. The van der Waals surface area contributed by atoms with Crippen LogP contribution in [0.1, 0.15) is 65.7 Å². The van der Waals surface area contributed by atoms with Gasteiger partial charge in [-0.05, 0) is 37.2 Å². The van der Waals surface area contributed by atoms with Crippen molar-refractivity contribution in [3.8, 4) is 0 Å². The number of aliphatic hydroxyl groups excluding tert-OH is 2. The van der Waals surface area contributed by atoms with Gasteiger partial charge < -0.3 is 24.9 Å². The molecular weight excluding hydrogens is 386 g/mol. The summed E-state index contributed by atoms with van der Waals surface area (Å²) in [5.74, 6) is -1.77. The number of unbranched alkanes of at least 4 members (excludes halogenated alkanes) is 2. The van der Waals surface area contributed by atoms with Gasteiger partial charge in [-0.25, -0.2) is 4.39 Å². The molecule has 1 saturated heterocycles. The molecule has 0 radical (unpaired) electrons. The smallest absolute Gasteiger partial charge is 0.550 e. The van der Waals surface area contributed by atoms with E-state index in [9.17, 15) is 24.5 Å². The van der Waals surface area contributed by atoms with Crippen molar-refractivity contribution >= 4 is 5.97 Å². The van der Waals surface area contributed by atoms with Gasteiger partial charge in [-0.3, -0.25) is 0 Å². The molecule has 0 spiro atoms. The minimum Gasteiger partial charge on any atom is -0.550 e. The molecule has 6 atom stereocenters. The number of allylic oxidation sites excluding steroid dienone is 2. The number of carbonyl (C=O) groups excluding carboxylic acids is 1. The zero-order valence-corrected chi connectivity index (χ0v) is 20.1. The Morgan fingerprint density at radius 3 is 2.72 bits per heavy atom. The van der Waals surface area contributed by atoms with Gasteiger partial charge in [-0.15, -0.1) is 0 Å². The second-order valence-electron chi connectivity index (χ2n) is 8.81. The Labute approximate surface area is 195 Å². The van der Waals surface area contributed by atoms with Gasteiger partial charge in [-0.2, -0.15) is 0 Å². The Balaban J connectivity index is 0.00000420. The van der Waals surface area contributed by atoms with Gasteiger partial charge in [0.2, 0.25) is 0 Å². The van der Waals surface area contributed by atoms with Crippen molar-refractivity contribution < 1.29 is 58.8 Å². The van der Waals surface area contributed by atoms with Crippen molar-refractivity contribution in [1.82, 2.24) is 0 Å². The number of fused-ring (bicyclic) bond motifs is 1. The zero-order valence-electron chi connectivity index (χ0n) is 18.1. The first-order valence-corrected chi connectivity index (χ1v) is 10.4. The van der Waals surface area contributed by atoms with E-state index in [-0.39, 0.29) is 47.2 Å². The number of rotatable bonds is 10. The number of carboxylic acid groups (broad SMARTS) is 1. The third kappa shape index (κ3) is 7.06. The Bertz CT molecular complexity index is 592. The van der Waals surface area contributed by atoms with E-state index in [0.717, 1.165) is 19.3 Å². The molecule has 2 N–H and O–H groups in total. The number of hydrogen-bond donors (Lipinski definition) is 2. The van der Waals surface area contributed by atoms with E-state index in [2.05, 4.69) is 6.92 Å². The number of carbonyl (C=O) groups is 1. The monoisotopic (exact) mass is 420 g/mol. The Hall–Kier alpha value is -0.400. The molecule has 0 amide bonds. The summed E-state index contributed by atoms with van der Waals surface area (Å²) in [6, 6.07) is 0. The Morgan fingerprint density at radius 1 is 1.41 bits per heavy atom. The number of halogens is 1. The minimum absolute atomic E-state index is 0. The molecule has 1 aliphatic heterocycles. The number of alkyl halides is 1. The summed E-state index contributed by atoms with van der Waals surface area (Å²) in [4.78, 5) is 10.5. The Morgan fingerprint density at radius 2 is 2.10 bits per heavy atom. The van der Waals surface area contributed by atoms with Gasteiger partial charge in [0.1, 0.15) is 11.9 Å². The van der Waals surface area contributed by atoms with Gasteiger partial charge >= 0.3 is 29.6 Å². The van der Waals surface area contributed by atoms with Crippen LogP contribution >= 0.6 is 0 Å². The van der Waals surface area contributed by atoms with Crippen LogP contribution in [-0.2, 0) is 9.53 Å². The van der Waals surface area contributed by atoms with Crippen LogP contribution in [0, 0.1) is 17.3 Å². The molecule has 29 heavy (non-hydrogen) atoms. The maximum atomic E-state index is 14.9.